The third-order valence-electron chi connectivity index (χ3n) is 0.901. The lowest BCUT2D eigenvalue weighted by molar-refractivity contribution is 0.0688. The molecule has 0 bridgehead atoms. The number of hydrogen-bond donors (Lipinski definition) is 1. The van der Waals surface area contributed by atoms with Crippen LogP contribution in [0.4, 0.5) is 0 Å². The summed E-state index contributed by atoms with van der Waals surface area (Å²) in [6.07, 6.45) is 1.45. The molecule has 1 aromatic rings. The van der Waals surface area contributed by atoms with Gasteiger partial charge in [-0.15, -0.1) is 0 Å². The molecule has 0 aliphatic rings. The van der Waals surface area contributed by atoms with Crippen LogP contribution in [0.15, 0.2) is 10.8 Å². The van der Waals surface area contributed by atoms with Crippen LogP contribution in [-0.2, 0) is 0 Å². The van der Waals surface area contributed by atoms with Gasteiger partial charge in [-0.1, -0.05) is 0 Å². The summed E-state index contributed by atoms with van der Waals surface area (Å²) >= 11 is 4.84. The Bertz CT molecular complexity index is 305. The Morgan fingerprint density at radius 1 is 1.73 bits per heavy atom. The minimum Gasteiger partial charge on any atom is -0.476 e. The van der Waals surface area contributed by atoms with Crippen molar-refractivity contribution >= 4 is 44.5 Å². The Balaban J connectivity index is 3.23. The van der Waals surface area contributed by atoms with E-state index in [1.807, 2.05) is 22.6 Å². The first-order valence-corrected chi connectivity index (χ1v) is 4.40. The molecule has 0 saturated carbocycles. The second kappa shape index (κ2) is 3.44. The second-order valence-electron chi connectivity index (χ2n) is 1.64. The van der Waals surface area contributed by atoms with Crippen LogP contribution in [-0.4, -0.2) is 21.0 Å². The van der Waals surface area contributed by atoms with Crippen molar-refractivity contribution in [2.24, 2.45) is 0 Å². The van der Waals surface area contributed by atoms with Gasteiger partial charge in [0.1, 0.15) is 8.30 Å². The van der Waals surface area contributed by atoms with Gasteiger partial charge in [0.25, 0.3) is 0 Å². The highest BCUT2D eigenvalue weighted by atomic mass is 127. The van der Waals surface area contributed by atoms with Gasteiger partial charge in [-0.2, -0.15) is 0 Å². The standard InChI is InChI=1S/C5H2BrIN2O2/c6-2-1-8-4(7)3(9-2)5(10)11/h1H,(H,10,11). The van der Waals surface area contributed by atoms with Gasteiger partial charge in [0.15, 0.2) is 5.69 Å². The van der Waals surface area contributed by atoms with Crippen LogP contribution in [0, 0.1) is 3.70 Å². The van der Waals surface area contributed by atoms with E-state index in [4.69, 9.17) is 5.11 Å². The lowest BCUT2D eigenvalue weighted by atomic mass is 10.5. The average Bonchev–Trinajstić information content (AvgIpc) is 1.94. The zero-order valence-corrected chi connectivity index (χ0v) is 8.83. The first kappa shape index (κ1) is 8.85. The summed E-state index contributed by atoms with van der Waals surface area (Å²) in [5, 5.41) is 8.56. The number of carboxylic acids is 1. The van der Waals surface area contributed by atoms with E-state index in [-0.39, 0.29) is 5.69 Å². The van der Waals surface area contributed by atoms with E-state index < -0.39 is 5.97 Å². The van der Waals surface area contributed by atoms with Crippen molar-refractivity contribution in [3.8, 4) is 0 Å². The Labute approximate surface area is 84.3 Å². The quantitative estimate of drug-likeness (QED) is 0.794. The second-order valence-corrected chi connectivity index (χ2v) is 3.47. The molecule has 6 heteroatoms. The highest BCUT2D eigenvalue weighted by molar-refractivity contribution is 14.1. The van der Waals surface area contributed by atoms with Crippen molar-refractivity contribution in [2.45, 2.75) is 0 Å². The Morgan fingerprint density at radius 3 is 2.82 bits per heavy atom. The predicted octanol–water partition coefficient (Wildman–Crippen LogP) is 1.54. The van der Waals surface area contributed by atoms with E-state index in [0.29, 0.717) is 8.30 Å². The normalized spacial score (nSPS) is 9.64. The third-order valence-corrected chi connectivity index (χ3v) is 2.07. The van der Waals surface area contributed by atoms with Crippen LogP contribution in [0.5, 0.6) is 0 Å². The van der Waals surface area contributed by atoms with Gasteiger partial charge in [-0.05, 0) is 38.5 Å². The first-order chi connectivity index (χ1) is 5.11. The minimum absolute atomic E-state index is 0.0278. The monoisotopic (exact) mass is 328 g/mol. The number of carbonyl (C=O) groups is 1. The van der Waals surface area contributed by atoms with E-state index in [2.05, 4.69) is 25.9 Å². The summed E-state index contributed by atoms with van der Waals surface area (Å²) in [5.74, 6) is -1.07. The largest absolute Gasteiger partial charge is 0.476 e. The van der Waals surface area contributed by atoms with E-state index in [0.717, 1.165) is 0 Å². The molecule has 0 amide bonds. The summed E-state index contributed by atoms with van der Waals surface area (Å²) in [5.41, 5.74) is -0.0278. The zero-order valence-electron chi connectivity index (χ0n) is 5.08. The Hall–Kier alpha value is -0.240. The molecule has 4 nitrogen and oxygen atoms in total. The molecule has 58 valence electrons. The summed E-state index contributed by atoms with van der Waals surface area (Å²) in [6.45, 7) is 0. The third kappa shape index (κ3) is 2.09. The van der Waals surface area contributed by atoms with Gasteiger partial charge in [-0.25, -0.2) is 14.8 Å². The van der Waals surface area contributed by atoms with Gasteiger partial charge in [0.2, 0.25) is 0 Å². The van der Waals surface area contributed by atoms with Crippen LogP contribution in [0.25, 0.3) is 0 Å². The molecule has 0 spiro atoms. The lowest BCUT2D eigenvalue weighted by Crippen LogP contribution is -2.05. The Kier molecular flexibility index (Phi) is 2.77. The summed E-state index contributed by atoms with van der Waals surface area (Å²) < 4.78 is 0.814. The van der Waals surface area contributed by atoms with Crippen molar-refractivity contribution in [3.05, 3.63) is 20.2 Å². The summed E-state index contributed by atoms with van der Waals surface area (Å²) in [7, 11) is 0. The van der Waals surface area contributed by atoms with E-state index in [1.54, 1.807) is 0 Å². The molecule has 11 heavy (non-hydrogen) atoms. The number of aromatic carboxylic acids is 1. The molecule has 1 aromatic heterocycles. The molecule has 0 radical (unpaired) electrons. The highest BCUT2D eigenvalue weighted by Crippen LogP contribution is 2.10. The van der Waals surface area contributed by atoms with E-state index >= 15 is 0 Å². The molecular weight excluding hydrogens is 327 g/mol. The van der Waals surface area contributed by atoms with Crippen molar-refractivity contribution in [1.82, 2.24) is 9.97 Å². The molecular formula is C5H2BrIN2O2. The molecule has 0 aromatic carbocycles. The number of rotatable bonds is 1. The maximum absolute atomic E-state index is 10.4. The number of aromatic nitrogens is 2. The van der Waals surface area contributed by atoms with Crippen molar-refractivity contribution in [3.63, 3.8) is 0 Å². The maximum Gasteiger partial charge on any atom is 0.357 e. The van der Waals surface area contributed by atoms with Crippen molar-refractivity contribution in [1.29, 1.82) is 0 Å². The molecule has 1 N–H and O–H groups in total. The van der Waals surface area contributed by atoms with Crippen LogP contribution < -0.4 is 0 Å². The van der Waals surface area contributed by atoms with Crippen LogP contribution >= 0.6 is 38.5 Å². The SMILES string of the molecule is O=C(O)c1nc(Br)cnc1I. The molecule has 0 atom stereocenters. The zero-order chi connectivity index (χ0) is 8.43. The molecule has 0 aliphatic heterocycles. The highest BCUT2D eigenvalue weighted by Gasteiger charge is 2.10. The van der Waals surface area contributed by atoms with Gasteiger partial charge < -0.3 is 5.11 Å². The molecule has 0 fully saturated rings. The van der Waals surface area contributed by atoms with Crippen LogP contribution in [0.1, 0.15) is 10.5 Å². The number of carboxylic acid groups (broad SMARTS) is 1. The maximum atomic E-state index is 10.4. The molecule has 0 saturated heterocycles. The van der Waals surface area contributed by atoms with Crippen LogP contribution in [0.3, 0.4) is 0 Å². The number of nitrogens with zero attached hydrogens (tertiary/aromatic N) is 2. The number of halogens is 2. The van der Waals surface area contributed by atoms with Gasteiger partial charge in [-0.3, -0.25) is 0 Å². The smallest absolute Gasteiger partial charge is 0.357 e. The first-order valence-electron chi connectivity index (χ1n) is 2.52. The molecule has 1 heterocycles. The fourth-order valence-corrected chi connectivity index (χ4v) is 1.26. The van der Waals surface area contributed by atoms with Gasteiger partial charge >= 0.3 is 5.97 Å². The summed E-state index contributed by atoms with van der Waals surface area (Å²) in [6, 6.07) is 0. The fraction of sp³-hybridized carbons (Fsp3) is 0. The van der Waals surface area contributed by atoms with E-state index in [9.17, 15) is 4.79 Å². The molecule has 0 unspecified atom stereocenters. The predicted molar refractivity (Wildman–Crippen MR) is 49.4 cm³/mol. The fourth-order valence-electron chi connectivity index (χ4n) is 0.489. The topological polar surface area (TPSA) is 63.1 Å². The lowest BCUT2D eigenvalue weighted by Gasteiger charge is -1.95. The molecule has 1 rings (SSSR count). The average molecular weight is 329 g/mol. The number of hydrogen-bond acceptors (Lipinski definition) is 3. The molecule has 0 aliphatic carbocycles. The minimum atomic E-state index is -1.07. The van der Waals surface area contributed by atoms with Crippen LogP contribution in [0.2, 0.25) is 0 Å². The summed E-state index contributed by atoms with van der Waals surface area (Å²) in [4.78, 5) is 18.0. The van der Waals surface area contributed by atoms with Gasteiger partial charge in [0, 0.05) is 0 Å². The van der Waals surface area contributed by atoms with Crippen molar-refractivity contribution < 1.29 is 9.90 Å². The van der Waals surface area contributed by atoms with Crippen molar-refractivity contribution in [2.75, 3.05) is 0 Å². The van der Waals surface area contributed by atoms with E-state index in [1.165, 1.54) is 6.20 Å². The van der Waals surface area contributed by atoms with Gasteiger partial charge in [0.05, 0.1) is 6.20 Å². The Morgan fingerprint density at radius 2 is 2.36 bits per heavy atom.